The van der Waals surface area contributed by atoms with E-state index in [2.05, 4.69) is 12.2 Å². The number of hydrogen-bond acceptors (Lipinski definition) is 3. The second-order valence-corrected chi connectivity index (χ2v) is 5.88. The summed E-state index contributed by atoms with van der Waals surface area (Å²) < 4.78 is 0. The highest BCUT2D eigenvalue weighted by Crippen LogP contribution is 2.31. The summed E-state index contributed by atoms with van der Waals surface area (Å²) in [4.78, 5) is 37.1. The summed E-state index contributed by atoms with van der Waals surface area (Å²) in [7, 11) is 0. The van der Waals surface area contributed by atoms with Crippen LogP contribution >= 0.6 is 23.2 Å². The molecule has 0 saturated carbocycles. The second-order valence-electron chi connectivity index (χ2n) is 5.07. The van der Waals surface area contributed by atoms with Gasteiger partial charge in [-0.05, 0) is 18.6 Å². The van der Waals surface area contributed by atoms with E-state index in [9.17, 15) is 14.4 Å². The summed E-state index contributed by atoms with van der Waals surface area (Å²) >= 11 is 11.7. The third-order valence-corrected chi connectivity index (χ3v) is 4.14. The Morgan fingerprint density at radius 2 is 1.64 bits per heavy atom. The number of rotatable bonds is 6. The van der Waals surface area contributed by atoms with Crippen LogP contribution in [0.2, 0.25) is 10.0 Å². The van der Waals surface area contributed by atoms with Crippen LogP contribution in [0.3, 0.4) is 0 Å². The predicted molar refractivity (Wildman–Crippen MR) is 84.4 cm³/mol. The van der Waals surface area contributed by atoms with E-state index in [1.54, 1.807) is 0 Å². The van der Waals surface area contributed by atoms with Crippen LogP contribution in [-0.2, 0) is 4.79 Å². The van der Waals surface area contributed by atoms with Crippen molar-refractivity contribution in [3.63, 3.8) is 0 Å². The molecule has 5 nitrogen and oxygen atoms in total. The maximum Gasteiger partial charge on any atom is 0.262 e. The first-order valence-corrected chi connectivity index (χ1v) is 7.83. The smallest absolute Gasteiger partial charge is 0.262 e. The molecule has 0 saturated heterocycles. The summed E-state index contributed by atoms with van der Waals surface area (Å²) in [5.41, 5.74) is 0.358. The van der Waals surface area contributed by atoms with Crippen LogP contribution in [0.5, 0.6) is 0 Å². The Morgan fingerprint density at radius 3 is 2.14 bits per heavy atom. The third-order valence-electron chi connectivity index (χ3n) is 3.42. The van der Waals surface area contributed by atoms with Crippen molar-refractivity contribution in [2.45, 2.75) is 26.2 Å². The number of fused-ring (bicyclic) bond motifs is 1. The van der Waals surface area contributed by atoms with Crippen LogP contribution in [0.25, 0.3) is 0 Å². The number of nitrogens with one attached hydrogen (secondary N) is 1. The highest BCUT2D eigenvalue weighted by atomic mass is 35.5. The first kappa shape index (κ1) is 16.8. The lowest BCUT2D eigenvalue weighted by atomic mass is 10.1. The minimum absolute atomic E-state index is 0.179. The van der Waals surface area contributed by atoms with Gasteiger partial charge in [-0.2, -0.15) is 0 Å². The van der Waals surface area contributed by atoms with Gasteiger partial charge in [0.25, 0.3) is 11.8 Å². The van der Waals surface area contributed by atoms with E-state index in [0.717, 1.165) is 24.2 Å². The lowest BCUT2D eigenvalue weighted by molar-refractivity contribution is -0.121. The summed E-state index contributed by atoms with van der Waals surface area (Å²) in [5.74, 6) is -1.41. The summed E-state index contributed by atoms with van der Waals surface area (Å²) in [6.07, 6.45) is 2.94. The zero-order valence-electron chi connectivity index (χ0n) is 12.1. The van der Waals surface area contributed by atoms with Gasteiger partial charge >= 0.3 is 0 Å². The van der Waals surface area contributed by atoms with Crippen molar-refractivity contribution in [2.24, 2.45) is 0 Å². The minimum Gasteiger partial charge on any atom is -0.355 e. The minimum atomic E-state index is -0.526. The highest BCUT2D eigenvalue weighted by Gasteiger charge is 2.37. The molecule has 22 heavy (non-hydrogen) atoms. The summed E-state index contributed by atoms with van der Waals surface area (Å²) in [5, 5.41) is 3.10. The number of carbonyl (C=O) groups is 3. The van der Waals surface area contributed by atoms with E-state index in [1.807, 2.05) is 0 Å². The van der Waals surface area contributed by atoms with Crippen LogP contribution in [0.4, 0.5) is 0 Å². The van der Waals surface area contributed by atoms with E-state index < -0.39 is 11.8 Å². The lowest BCUT2D eigenvalue weighted by Gasteiger charge is -2.13. The number of unbranched alkanes of at least 4 members (excludes halogenated alkanes) is 2. The number of hydrogen-bond donors (Lipinski definition) is 1. The van der Waals surface area contributed by atoms with E-state index in [1.165, 1.54) is 12.1 Å². The predicted octanol–water partition coefficient (Wildman–Crippen LogP) is 2.90. The highest BCUT2D eigenvalue weighted by molar-refractivity contribution is 6.43. The van der Waals surface area contributed by atoms with Gasteiger partial charge < -0.3 is 5.32 Å². The fraction of sp³-hybridized carbons (Fsp3) is 0.400. The molecule has 1 aliphatic rings. The van der Waals surface area contributed by atoms with Gasteiger partial charge in [0, 0.05) is 6.54 Å². The molecule has 0 spiro atoms. The molecule has 2 rings (SSSR count). The molecule has 1 N–H and O–H groups in total. The fourth-order valence-electron chi connectivity index (χ4n) is 2.23. The van der Waals surface area contributed by atoms with Gasteiger partial charge in [0.05, 0.1) is 21.2 Å². The Labute approximate surface area is 138 Å². The number of nitrogens with zero attached hydrogens (tertiary/aromatic N) is 1. The first-order chi connectivity index (χ1) is 10.5. The number of carbonyl (C=O) groups excluding carboxylic acids is 3. The second kappa shape index (κ2) is 7.11. The van der Waals surface area contributed by atoms with E-state index in [0.29, 0.717) is 6.54 Å². The summed E-state index contributed by atoms with van der Waals surface area (Å²) in [6.45, 7) is 2.30. The van der Waals surface area contributed by atoms with Crippen LogP contribution in [0.15, 0.2) is 12.1 Å². The van der Waals surface area contributed by atoms with Gasteiger partial charge in [-0.25, -0.2) is 0 Å². The molecule has 0 atom stereocenters. The molecular weight excluding hydrogens is 327 g/mol. The Kier molecular flexibility index (Phi) is 5.42. The number of benzene rings is 1. The van der Waals surface area contributed by atoms with Crippen molar-refractivity contribution >= 4 is 40.9 Å². The Balaban J connectivity index is 2.04. The van der Waals surface area contributed by atoms with Gasteiger partial charge in [-0.15, -0.1) is 0 Å². The molecule has 3 amide bonds. The Hall–Kier alpha value is -1.59. The van der Waals surface area contributed by atoms with Gasteiger partial charge in [0.1, 0.15) is 6.54 Å². The average Bonchev–Trinajstić information content (AvgIpc) is 2.70. The SMILES string of the molecule is CCCCCNC(=O)CN1C(=O)c2cc(Cl)c(Cl)cc2C1=O. The van der Waals surface area contributed by atoms with Crippen molar-refractivity contribution < 1.29 is 14.4 Å². The van der Waals surface area contributed by atoms with Crippen LogP contribution in [-0.4, -0.2) is 35.7 Å². The van der Waals surface area contributed by atoms with Gasteiger partial charge in [0.2, 0.25) is 5.91 Å². The molecule has 1 heterocycles. The number of amides is 3. The molecule has 0 aromatic heterocycles. The Morgan fingerprint density at radius 1 is 1.09 bits per heavy atom. The molecule has 118 valence electrons. The molecule has 7 heteroatoms. The molecule has 1 aromatic carbocycles. The molecule has 0 radical (unpaired) electrons. The van der Waals surface area contributed by atoms with Crippen molar-refractivity contribution in [3.05, 3.63) is 33.3 Å². The maximum absolute atomic E-state index is 12.2. The Bertz CT molecular complexity index is 590. The largest absolute Gasteiger partial charge is 0.355 e. The van der Waals surface area contributed by atoms with E-state index >= 15 is 0 Å². The van der Waals surface area contributed by atoms with Crippen molar-refractivity contribution in [1.29, 1.82) is 0 Å². The maximum atomic E-state index is 12.2. The normalized spacial score (nSPS) is 13.5. The number of halogens is 2. The molecule has 0 fully saturated rings. The van der Waals surface area contributed by atoms with E-state index in [4.69, 9.17) is 23.2 Å². The van der Waals surface area contributed by atoms with Crippen molar-refractivity contribution in [1.82, 2.24) is 10.2 Å². The van der Waals surface area contributed by atoms with Crippen molar-refractivity contribution in [3.8, 4) is 0 Å². The van der Waals surface area contributed by atoms with Crippen LogP contribution < -0.4 is 5.32 Å². The molecular formula is C15H16Cl2N2O3. The van der Waals surface area contributed by atoms with Crippen molar-refractivity contribution in [2.75, 3.05) is 13.1 Å². The van der Waals surface area contributed by atoms with Crippen LogP contribution in [0, 0.1) is 0 Å². The molecule has 1 aromatic rings. The van der Waals surface area contributed by atoms with Gasteiger partial charge in [-0.3, -0.25) is 19.3 Å². The monoisotopic (exact) mass is 342 g/mol. The quantitative estimate of drug-likeness (QED) is 0.638. The van der Waals surface area contributed by atoms with Gasteiger partial charge in [-0.1, -0.05) is 43.0 Å². The lowest BCUT2D eigenvalue weighted by Crippen LogP contribution is -2.40. The van der Waals surface area contributed by atoms with E-state index in [-0.39, 0.29) is 33.6 Å². The molecule has 1 aliphatic heterocycles. The van der Waals surface area contributed by atoms with Gasteiger partial charge in [0.15, 0.2) is 0 Å². The molecule has 0 bridgehead atoms. The molecule has 0 aliphatic carbocycles. The molecule has 0 unspecified atom stereocenters. The standard InChI is InChI=1S/C15H16Cl2N2O3/c1-2-3-4-5-18-13(20)8-19-14(21)9-6-11(16)12(17)7-10(9)15(19)22/h6-7H,2-5,8H2,1H3,(H,18,20). The summed E-state index contributed by atoms with van der Waals surface area (Å²) in [6, 6.07) is 2.72. The zero-order valence-corrected chi connectivity index (χ0v) is 13.6. The first-order valence-electron chi connectivity index (χ1n) is 7.07. The fourth-order valence-corrected chi connectivity index (χ4v) is 2.56. The van der Waals surface area contributed by atoms with Crippen LogP contribution in [0.1, 0.15) is 46.9 Å². The average molecular weight is 343 g/mol. The topological polar surface area (TPSA) is 66.5 Å². The zero-order chi connectivity index (χ0) is 16.3. The number of imide groups is 1. The third kappa shape index (κ3) is 3.42.